The Balaban J connectivity index is 2.99. The highest BCUT2D eigenvalue weighted by molar-refractivity contribution is 4.72. The van der Waals surface area contributed by atoms with E-state index in [-0.39, 0.29) is 0 Å². The van der Waals surface area contributed by atoms with Crippen LogP contribution in [0.15, 0.2) is 12.3 Å². The van der Waals surface area contributed by atoms with Gasteiger partial charge >= 0.3 is 0 Å². The quantitative estimate of drug-likeness (QED) is 0.190. The van der Waals surface area contributed by atoms with Crippen LogP contribution in [0.3, 0.4) is 0 Å². The van der Waals surface area contributed by atoms with Crippen LogP contribution in [0.1, 0.15) is 90.9 Å². The van der Waals surface area contributed by atoms with Gasteiger partial charge in [0.1, 0.15) is 0 Å². The molecule has 0 aromatic heterocycles. The number of unbranched alkanes of at least 4 members (excludes halogenated alkanes) is 10. The van der Waals surface area contributed by atoms with Gasteiger partial charge in [0, 0.05) is 0 Å². The molecule has 0 unspecified atom stereocenters. The Kier molecular flexibility index (Phi) is 18.0. The minimum atomic E-state index is 0.404. The molecule has 0 heterocycles. The lowest BCUT2D eigenvalue weighted by Crippen LogP contribution is -1.98. The summed E-state index contributed by atoms with van der Waals surface area (Å²) >= 11 is 0. The number of allylic oxidation sites excluding steroid dienone is 1. The van der Waals surface area contributed by atoms with Crippen molar-refractivity contribution in [3.63, 3.8) is 0 Å². The molecule has 0 spiro atoms. The summed E-state index contributed by atoms with van der Waals surface area (Å²) in [6.45, 7) is 5.72. The van der Waals surface area contributed by atoms with Crippen molar-refractivity contribution in [1.29, 1.82) is 0 Å². The first-order valence-electron chi connectivity index (χ1n) is 8.76. The maximum atomic E-state index is 5.43. The third kappa shape index (κ3) is 17.5. The fourth-order valence-electron chi connectivity index (χ4n) is 2.13. The average Bonchev–Trinajstić information content (AvgIpc) is 2.47. The molecule has 2 nitrogen and oxygen atoms in total. The predicted molar refractivity (Wildman–Crippen MR) is 87.8 cm³/mol. The van der Waals surface area contributed by atoms with Crippen LogP contribution in [0.5, 0.6) is 0 Å². The highest BCUT2D eigenvalue weighted by Crippen LogP contribution is 2.08. The summed E-state index contributed by atoms with van der Waals surface area (Å²) in [5.41, 5.74) is 0. The third-order valence-corrected chi connectivity index (χ3v) is 3.46. The highest BCUT2D eigenvalue weighted by atomic mass is 16.7. The van der Waals surface area contributed by atoms with Gasteiger partial charge in [-0.2, -0.15) is 0 Å². The molecule has 0 radical (unpaired) electrons. The van der Waals surface area contributed by atoms with E-state index in [4.69, 9.17) is 9.47 Å². The van der Waals surface area contributed by atoms with Crippen molar-refractivity contribution in [1.82, 2.24) is 0 Å². The molecular formula is C18H36O2. The smallest absolute Gasteiger partial charge is 0.188 e. The Morgan fingerprint density at radius 3 is 2.00 bits per heavy atom. The summed E-state index contributed by atoms with van der Waals surface area (Å²) in [5.74, 6) is 0. The van der Waals surface area contributed by atoms with E-state index >= 15 is 0 Å². The van der Waals surface area contributed by atoms with Crippen LogP contribution in [0.4, 0.5) is 0 Å². The Morgan fingerprint density at radius 2 is 1.30 bits per heavy atom. The second kappa shape index (κ2) is 18.5. The van der Waals surface area contributed by atoms with Crippen molar-refractivity contribution in [2.75, 3.05) is 13.4 Å². The van der Waals surface area contributed by atoms with Crippen molar-refractivity contribution in [2.45, 2.75) is 90.9 Å². The third-order valence-electron chi connectivity index (χ3n) is 3.46. The van der Waals surface area contributed by atoms with Crippen molar-refractivity contribution in [3.8, 4) is 0 Å². The Hall–Kier alpha value is -0.500. The molecule has 0 amide bonds. The number of hydrogen-bond donors (Lipinski definition) is 0. The number of rotatable bonds is 16. The monoisotopic (exact) mass is 284 g/mol. The lowest BCUT2D eigenvalue weighted by atomic mass is 10.1. The molecule has 0 saturated carbocycles. The highest BCUT2D eigenvalue weighted by Gasteiger charge is 1.92. The van der Waals surface area contributed by atoms with Gasteiger partial charge in [0.25, 0.3) is 0 Å². The maximum absolute atomic E-state index is 5.43. The van der Waals surface area contributed by atoms with E-state index in [1.807, 2.05) is 0 Å². The first kappa shape index (κ1) is 19.5. The second-order valence-electron chi connectivity index (χ2n) is 5.54. The van der Waals surface area contributed by atoms with Crippen molar-refractivity contribution in [3.05, 3.63) is 12.3 Å². The van der Waals surface area contributed by atoms with Crippen molar-refractivity contribution >= 4 is 0 Å². The van der Waals surface area contributed by atoms with Gasteiger partial charge in [0.15, 0.2) is 6.79 Å². The van der Waals surface area contributed by atoms with Crippen LogP contribution >= 0.6 is 0 Å². The Morgan fingerprint density at radius 1 is 0.700 bits per heavy atom. The van der Waals surface area contributed by atoms with Gasteiger partial charge in [0.05, 0.1) is 12.9 Å². The van der Waals surface area contributed by atoms with Gasteiger partial charge in [-0.3, -0.25) is 0 Å². The summed E-state index contributed by atoms with van der Waals surface area (Å²) in [7, 11) is 0. The zero-order chi connectivity index (χ0) is 14.7. The van der Waals surface area contributed by atoms with Crippen molar-refractivity contribution < 1.29 is 9.47 Å². The van der Waals surface area contributed by atoms with E-state index in [0.717, 1.165) is 19.4 Å². The van der Waals surface area contributed by atoms with Crippen LogP contribution in [-0.2, 0) is 9.47 Å². The summed E-state index contributed by atoms with van der Waals surface area (Å²) < 4.78 is 10.7. The Labute approximate surface area is 126 Å². The molecule has 0 atom stereocenters. The number of ether oxygens (including phenoxy) is 2. The zero-order valence-corrected chi connectivity index (χ0v) is 13.9. The molecule has 0 N–H and O–H groups in total. The Bertz CT molecular complexity index is 190. The van der Waals surface area contributed by atoms with Gasteiger partial charge < -0.3 is 9.47 Å². The fraction of sp³-hybridized carbons (Fsp3) is 0.889. The lowest BCUT2D eigenvalue weighted by molar-refractivity contribution is -0.0128. The molecule has 0 aliphatic rings. The van der Waals surface area contributed by atoms with E-state index in [2.05, 4.69) is 19.9 Å². The fourth-order valence-corrected chi connectivity index (χ4v) is 2.13. The van der Waals surface area contributed by atoms with Gasteiger partial charge in [-0.25, -0.2) is 0 Å². The van der Waals surface area contributed by atoms with E-state index < -0.39 is 0 Å². The van der Waals surface area contributed by atoms with Crippen molar-refractivity contribution in [2.24, 2.45) is 0 Å². The first-order valence-corrected chi connectivity index (χ1v) is 8.76. The molecule has 0 rings (SSSR count). The van der Waals surface area contributed by atoms with E-state index in [1.54, 1.807) is 6.26 Å². The summed E-state index contributed by atoms with van der Waals surface area (Å²) in [4.78, 5) is 0. The van der Waals surface area contributed by atoms with Gasteiger partial charge in [0.2, 0.25) is 0 Å². The maximum Gasteiger partial charge on any atom is 0.188 e. The second-order valence-corrected chi connectivity index (χ2v) is 5.54. The van der Waals surface area contributed by atoms with E-state index in [1.165, 1.54) is 64.2 Å². The molecule has 0 aliphatic heterocycles. The lowest BCUT2D eigenvalue weighted by Gasteiger charge is -2.04. The topological polar surface area (TPSA) is 18.5 Å². The van der Waals surface area contributed by atoms with Gasteiger partial charge in [-0.05, 0) is 25.3 Å². The molecular weight excluding hydrogens is 248 g/mol. The summed E-state index contributed by atoms with van der Waals surface area (Å²) in [5, 5.41) is 0. The molecule has 2 heteroatoms. The van der Waals surface area contributed by atoms with Crippen LogP contribution in [0.2, 0.25) is 0 Å². The van der Waals surface area contributed by atoms with Gasteiger partial charge in [-0.15, -0.1) is 0 Å². The van der Waals surface area contributed by atoms with Crippen LogP contribution in [-0.4, -0.2) is 13.4 Å². The van der Waals surface area contributed by atoms with E-state index in [9.17, 15) is 0 Å². The predicted octanol–water partition coefficient (Wildman–Crippen LogP) is 6.21. The minimum absolute atomic E-state index is 0.404. The molecule has 20 heavy (non-hydrogen) atoms. The average molecular weight is 284 g/mol. The van der Waals surface area contributed by atoms with Crippen LogP contribution in [0, 0.1) is 0 Å². The standard InChI is InChI=1S/C18H36O2/c1-3-5-7-9-10-11-13-15-17-20-18-19-16-14-12-8-6-4-2/h14,16H,3-13,15,17-18H2,1-2H3. The molecule has 0 aliphatic carbocycles. The normalized spacial score (nSPS) is 11.3. The van der Waals surface area contributed by atoms with E-state index in [0.29, 0.717) is 6.79 Å². The summed E-state index contributed by atoms with van der Waals surface area (Å²) in [6.07, 6.45) is 19.6. The zero-order valence-electron chi connectivity index (χ0n) is 13.9. The molecule has 0 fully saturated rings. The van der Waals surface area contributed by atoms with Crippen LogP contribution in [0.25, 0.3) is 0 Å². The largest absolute Gasteiger partial charge is 0.475 e. The summed E-state index contributed by atoms with van der Waals surface area (Å²) in [6, 6.07) is 0. The number of hydrogen-bond acceptors (Lipinski definition) is 2. The molecule has 0 aromatic rings. The molecule has 0 bridgehead atoms. The first-order chi connectivity index (χ1) is 9.91. The minimum Gasteiger partial charge on any atom is -0.475 e. The molecule has 120 valence electrons. The molecule has 0 saturated heterocycles. The van der Waals surface area contributed by atoms with Crippen LogP contribution < -0.4 is 0 Å². The molecule has 0 aromatic carbocycles. The van der Waals surface area contributed by atoms with Gasteiger partial charge in [-0.1, -0.05) is 71.6 Å². The SMILES string of the molecule is CCCCCC=COCOCCCCCCCCCC.